The van der Waals surface area contributed by atoms with Crippen LogP contribution in [0.15, 0.2) is 79.9 Å². The standard InChI is InChI=1S/C37H48N4O5/c1-7-23-38(6)33(43)30-31-34(44)41(29(25-42)26-15-13-12-14-16-26)32(37(31)22-21-36(30,9-3)46-37)35(45)40(24-8-2)28-19-17-27(18-20-28)39(10-4)11-5/h7-8,12-20,29-32,42H,1-2,9-11,21-25H2,3-6H3/t29-,30+,31+,32?,36-,37?/m1/s1. The number of likely N-dealkylation sites (tertiary alicyclic amines) is 1. The van der Waals surface area contributed by atoms with Crippen LogP contribution >= 0.6 is 0 Å². The molecular weight excluding hydrogens is 580 g/mol. The van der Waals surface area contributed by atoms with Crippen molar-refractivity contribution in [3.63, 3.8) is 0 Å². The first kappa shape index (κ1) is 33.4. The van der Waals surface area contributed by atoms with Crippen LogP contribution in [-0.2, 0) is 19.1 Å². The zero-order chi connectivity index (χ0) is 33.2. The van der Waals surface area contributed by atoms with Crippen molar-refractivity contribution in [3.8, 4) is 0 Å². The van der Waals surface area contributed by atoms with Crippen molar-refractivity contribution in [2.24, 2.45) is 11.8 Å². The average molecular weight is 629 g/mol. The molecule has 2 aromatic carbocycles. The Hall–Kier alpha value is -3.95. The van der Waals surface area contributed by atoms with Gasteiger partial charge in [0.15, 0.2) is 0 Å². The summed E-state index contributed by atoms with van der Waals surface area (Å²) in [4.78, 5) is 51.1. The summed E-state index contributed by atoms with van der Waals surface area (Å²) < 4.78 is 6.99. The molecule has 9 nitrogen and oxygen atoms in total. The summed E-state index contributed by atoms with van der Waals surface area (Å²) in [6.45, 7) is 15.8. The van der Waals surface area contributed by atoms with E-state index >= 15 is 4.79 Å². The van der Waals surface area contributed by atoms with E-state index in [0.717, 1.165) is 18.8 Å². The van der Waals surface area contributed by atoms with E-state index in [1.165, 1.54) is 4.90 Å². The van der Waals surface area contributed by atoms with Gasteiger partial charge in [0.1, 0.15) is 11.6 Å². The third-order valence-corrected chi connectivity index (χ3v) is 10.5. The van der Waals surface area contributed by atoms with Gasteiger partial charge in [0, 0.05) is 44.6 Å². The van der Waals surface area contributed by atoms with E-state index in [2.05, 4.69) is 31.9 Å². The molecule has 3 aliphatic rings. The van der Waals surface area contributed by atoms with Gasteiger partial charge in [-0.3, -0.25) is 14.4 Å². The van der Waals surface area contributed by atoms with Crippen molar-refractivity contribution in [2.45, 2.75) is 63.3 Å². The Morgan fingerprint density at radius 3 is 2.17 bits per heavy atom. The summed E-state index contributed by atoms with van der Waals surface area (Å²) in [7, 11) is 1.71. The second kappa shape index (κ2) is 13.4. The maximum atomic E-state index is 15.1. The number of benzene rings is 2. The van der Waals surface area contributed by atoms with Crippen LogP contribution in [0.5, 0.6) is 0 Å². The van der Waals surface area contributed by atoms with Gasteiger partial charge in [0.2, 0.25) is 11.8 Å². The molecule has 3 heterocycles. The van der Waals surface area contributed by atoms with E-state index < -0.39 is 41.7 Å². The number of hydrogen-bond donors (Lipinski definition) is 1. The number of hydrogen-bond acceptors (Lipinski definition) is 6. The van der Waals surface area contributed by atoms with E-state index in [1.54, 1.807) is 29.0 Å². The monoisotopic (exact) mass is 628 g/mol. The maximum Gasteiger partial charge on any atom is 0.253 e. The largest absolute Gasteiger partial charge is 0.394 e. The van der Waals surface area contributed by atoms with Crippen LogP contribution in [0, 0.1) is 11.8 Å². The van der Waals surface area contributed by atoms with Crippen molar-refractivity contribution in [1.29, 1.82) is 0 Å². The SMILES string of the molecule is C=CCN(C)C(=O)[C@@H]1[C@H]2C(=O)N([C@H](CO)c3ccccc3)C(C(=O)N(CC=C)c3ccc(N(CC)CC)cc3)C23CC[C@@]1(CC)O3. The quantitative estimate of drug-likeness (QED) is 0.308. The van der Waals surface area contributed by atoms with Gasteiger partial charge < -0.3 is 29.4 Å². The van der Waals surface area contributed by atoms with Gasteiger partial charge in [-0.25, -0.2) is 0 Å². The molecule has 3 amide bonds. The van der Waals surface area contributed by atoms with Gasteiger partial charge in [-0.1, -0.05) is 49.4 Å². The molecule has 9 heteroatoms. The molecule has 1 spiro atoms. The molecule has 0 aromatic heterocycles. The van der Waals surface area contributed by atoms with E-state index in [0.29, 0.717) is 37.1 Å². The maximum absolute atomic E-state index is 15.1. The fourth-order valence-electron chi connectivity index (χ4n) is 8.23. The van der Waals surface area contributed by atoms with Crippen molar-refractivity contribution < 1.29 is 24.2 Å². The fourth-order valence-corrected chi connectivity index (χ4v) is 8.23. The van der Waals surface area contributed by atoms with Crippen LogP contribution in [0.25, 0.3) is 0 Å². The number of carbonyl (C=O) groups excluding carboxylic acids is 3. The van der Waals surface area contributed by atoms with Gasteiger partial charge >= 0.3 is 0 Å². The summed E-state index contributed by atoms with van der Waals surface area (Å²) in [5.41, 5.74) is 0.325. The minimum Gasteiger partial charge on any atom is -0.394 e. The van der Waals surface area contributed by atoms with Crippen LogP contribution < -0.4 is 9.80 Å². The lowest BCUT2D eigenvalue weighted by atomic mass is 9.64. The number of fused-ring (bicyclic) bond motifs is 1. The van der Waals surface area contributed by atoms with Crippen LogP contribution in [0.2, 0.25) is 0 Å². The number of ether oxygens (including phenoxy) is 1. The predicted octanol–water partition coefficient (Wildman–Crippen LogP) is 4.58. The topological polar surface area (TPSA) is 93.6 Å². The summed E-state index contributed by atoms with van der Waals surface area (Å²) in [6, 6.07) is 15.2. The average Bonchev–Trinajstić information content (AvgIpc) is 3.68. The molecule has 2 aromatic rings. The van der Waals surface area contributed by atoms with Crippen molar-refractivity contribution in [2.75, 3.05) is 49.6 Å². The number of rotatable bonds is 14. The fraction of sp³-hybridized carbons (Fsp3) is 0.486. The summed E-state index contributed by atoms with van der Waals surface area (Å²) in [5, 5.41) is 10.8. The zero-order valence-electron chi connectivity index (χ0n) is 27.6. The zero-order valence-corrected chi connectivity index (χ0v) is 27.6. The normalized spacial score (nSPS) is 26.8. The Labute approximate surface area is 273 Å². The highest BCUT2D eigenvalue weighted by Gasteiger charge is 2.79. The molecule has 2 bridgehead atoms. The highest BCUT2D eigenvalue weighted by molar-refractivity contribution is 6.05. The minimum atomic E-state index is -1.23. The lowest BCUT2D eigenvalue weighted by Crippen LogP contribution is -2.57. The predicted molar refractivity (Wildman–Crippen MR) is 180 cm³/mol. The van der Waals surface area contributed by atoms with Crippen molar-refractivity contribution in [1.82, 2.24) is 9.80 Å². The first-order valence-corrected chi connectivity index (χ1v) is 16.5. The van der Waals surface area contributed by atoms with Crippen molar-refractivity contribution in [3.05, 3.63) is 85.5 Å². The molecule has 1 N–H and O–H groups in total. The minimum absolute atomic E-state index is 0.190. The molecule has 3 fully saturated rings. The van der Waals surface area contributed by atoms with Crippen molar-refractivity contribution >= 4 is 29.1 Å². The molecule has 3 aliphatic heterocycles. The number of aliphatic hydroxyl groups is 1. The van der Waals surface area contributed by atoms with Gasteiger partial charge in [-0.15, -0.1) is 13.2 Å². The second-order valence-corrected chi connectivity index (χ2v) is 12.6. The Balaban J connectivity index is 1.65. The van der Waals surface area contributed by atoms with E-state index in [9.17, 15) is 14.7 Å². The Kier molecular flexibility index (Phi) is 9.75. The number of carbonyl (C=O) groups is 3. The highest BCUT2D eigenvalue weighted by atomic mass is 16.5. The third-order valence-electron chi connectivity index (χ3n) is 10.5. The van der Waals surface area contributed by atoms with Gasteiger partial charge in [0.05, 0.1) is 30.1 Å². The molecule has 3 saturated heterocycles. The summed E-state index contributed by atoms with van der Waals surface area (Å²) in [5.74, 6) is -2.48. The molecule has 46 heavy (non-hydrogen) atoms. The Bertz CT molecular complexity index is 1440. The smallest absolute Gasteiger partial charge is 0.253 e. The first-order valence-electron chi connectivity index (χ1n) is 16.5. The highest BCUT2D eigenvalue weighted by Crippen LogP contribution is 2.65. The number of nitrogens with zero attached hydrogens (tertiary/aromatic N) is 4. The lowest BCUT2D eigenvalue weighted by Gasteiger charge is -2.39. The third kappa shape index (κ3) is 5.23. The summed E-state index contributed by atoms with van der Waals surface area (Å²) in [6.07, 6.45) is 4.87. The molecule has 0 aliphatic carbocycles. The molecule has 2 unspecified atom stereocenters. The van der Waals surface area contributed by atoms with Crippen LogP contribution in [0.4, 0.5) is 11.4 Å². The number of amides is 3. The molecule has 5 rings (SSSR count). The number of likely N-dealkylation sites (N-methyl/N-ethyl adjacent to an activating group) is 1. The first-order chi connectivity index (χ1) is 22.2. The molecule has 0 saturated carbocycles. The van der Waals surface area contributed by atoms with Crippen LogP contribution in [-0.4, -0.2) is 89.7 Å². The second-order valence-electron chi connectivity index (χ2n) is 12.6. The Morgan fingerprint density at radius 2 is 1.61 bits per heavy atom. The van der Waals surface area contributed by atoms with Gasteiger partial charge in [-0.05, 0) is 62.9 Å². The van der Waals surface area contributed by atoms with E-state index in [-0.39, 0.29) is 24.3 Å². The van der Waals surface area contributed by atoms with E-state index in [4.69, 9.17) is 4.74 Å². The molecular formula is C37H48N4O5. The molecule has 6 atom stereocenters. The Morgan fingerprint density at radius 1 is 0.978 bits per heavy atom. The lowest BCUT2D eigenvalue weighted by molar-refractivity contribution is -0.153. The summed E-state index contributed by atoms with van der Waals surface area (Å²) >= 11 is 0. The molecule has 246 valence electrons. The number of anilines is 2. The van der Waals surface area contributed by atoms with E-state index in [1.807, 2.05) is 61.5 Å². The van der Waals surface area contributed by atoms with Gasteiger partial charge in [-0.2, -0.15) is 0 Å². The van der Waals surface area contributed by atoms with Crippen LogP contribution in [0.1, 0.15) is 51.6 Å². The van der Waals surface area contributed by atoms with Gasteiger partial charge in [0.25, 0.3) is 5.91 Å². The number of aliphatic hydroxyl groups excluding tert-OH is 1. The van der Waals surface area contributed by atoms with Crippen LogP contribution in [0.3, 0.4) is 0 Å². The molecule has 0 radical (unpaired) electrons.